The van der Waals surface area contributed by atoms with Crippen molar-refractivity contribution in [3.63, 3.8) is 0 Å². The molecule has 1 aromatic carbocycles. The molecular formula is C17H18N2O3. The Kier molecular flexibility index (Phi) is 5.54. The highest BCUT2D eigenvalue weighted by Crippen LogP contribution is 2.13. The van der Waals surface area contributed by atoms with E-state index in [1.54, 1.807) is 25.1 Å². The van der Waals surface area contributed by atoms with E-state index < -0.39 is 12.0 Å². The number of allylic oxidation sites excluding steroid dienone is 5. The summed E-state index contributed by atoms with van der Waals surface area (Å²) >= 11 is 0. The average Bonchev–Trinajstić information content (AvgIpc) is 3.01. The molecule has 0 spiro atoms. The van der Waals surface area contributed by atoms with Gasteiger partial charge in [-0.3, -0.25) is 0 Å². The van der Waals surface area contributed by atoms with Gasteiger partial charge in [-0.15, -0.1) is 0 Å². The Morgan fingerprint density at radius 1 is 1.18 bits per heavy atom. The molecule has 0 aliphatic heterocycles. The summed E-state index contributed by atoms with van der Waals surface area (Å²) in [6, 6.07) is 8.51. The van der Waals surface area contributed by atoms with E-state index in [0.29, 0.717) is 5.69 Å². The van der Waals surface area contributed by atoms with Gasteiger partial charge < -0.3 is 15.4 Å². The number of ether oxygens (including phenoxy) is 1. The van der Waals surface area contributed by atoms with Crippen molar-refractivity contribution >= 4 is 17.7 Å². The van der Waals surface area contributed by atoms with Crippen molar-refractivity contribution < 1.29 is 14.3 Å². The predicted molar refractivity (Wildman–Crippen MR) is 85.1 cm³/mol. The fourth-order valence-corrected chi connectivity index (χ4v) is 1.93. The van der Waals surface area contributed by atoms with Gasteiger partial charge in [-0.1, -0.05) is 42.5 Å². The maximum absolute atomic E-state index is 12.0. The van der Waals surface area contributed by atoms with Crippen LogP contribution < -0.4 is 10.6 Å². The quantitative estimate of drug-likeness (QED) is 0.648. The van der Waals surface area contributed by atoms with Crippen LogP contribution in [0.3, 0.4) is 0 Å². The molecule has 2 N–H and O–H groups in total. The fraction of sp³-hybridized carbons (Fsp3) is 0.176. The smallest absolute Gasteiger partial charge is 0.354 e. The number of nitrogens with one attached hydrogen (secondary N) is 2. The van der Waals surface area contributed by atoms with Gasteiger partial charge in [-0.2, -0.15) is 0 Å². The first-order valence-corrected chi connectivity index (χ1v) is 7.06. The van der Waals surface area contributed by atoms with Gasteiger partial charge in [0.15, 0.2) is 0 Å². The highest BCUT2D eigenvalue weighted by Gasteiger charge is 2.16. The number of carbonyl (C=O) groups excluding carboxylic acids is 2. The zero-order valence-electron chi connectivity index (χ0n) is 12.3. The van der Waals surface area contributed by atoms with Crippen LogP contribution in [0.5, 0.6) is 0 Å². The number of rotatable bonds is 5. The number of urea groups is 1. The number of benzene rings is 1. The van der Waals surface area contributed by atoms with E-state index in [0.717, 1.165) is 0 Å². The lowest BCUT2D eigenvalue weighted by Gasteiger charge is -2.11. The number of hydrogen-bond acceptors (Lipinski definition) is 3. The highest BCUT2D eigenvalue weighted by molar-refractivity contribution is 5.98. The van der Waals surface area contributed by atoms with E-state index in [-0.39, 0.29) is 18.2 Å². The van der Waals surface area contributed by atoms with Crippen LogP contribution in [0.25, 0.3) is 0 Å². The van der Waals surface area contributed by atoms with Gasteiger partial charge in [0.25, 0.3) is 0 Å². The summed E-state index contributed by atoms with van der Waals surface area (Å²) in [7, 11) is 0. The van der Waals surface area contributed by atoms with Crippen LogP contribution in [0.15, 0.2) is 66.4 Å². The minimum atomic E-state index is -0.556. The minimum absolute atomic E-state index is 0.0311. The highest BCUT2D eigenvalue weighted by atomic mass is 16.5. The third kappa shape index (κ3) is 4.63. The zero-order valence-corrected chi connectivity index (χ0v) is 12.3. The van der Waals surface area contributed by atoms with Gasteiger partial charge >= 0.3 is 12.0 Å². The lowest BCUT2D eigenvalue weighted by atomic mass is 10.1. The Bertz CT molecular complexity index is 606. The molecule has 5 heteroatoms. The molecule has 1 aromatic rings. The van der Waals surface area contributed by atoms with E-state index in [1.165, 1.54) is 0 Å². The van der Waals surface area contributed by atoms with Gasteiger partial charge in [0.1, 0.15) is 5.70 Å². The molecule has 0 radical (unpaired) electrons. The molecule has 1 aliphatic rings. The van der Waals surface area contributed by atoms with Crippen LogP contribution in [-0.4, -0.2) is 18.6 Å². The Morgan fingerprint density at radius 3 is 2.50 bits per heavy atom. The average molecular weight is 298 g/mol. The summed E-state index contributed by atoms with van der Waals surface area (Å²) in [5.74, 6) is -0.587. The number of amides is 2. The molecule has 0 aromatic heterocycles. The Balaban J connectivity index is 2.05. The van der Waals surface area contributed by atoms with Crippen molar-refractivity contribution in [3.8, 4) is 0 Å². The number of para-hydroxylation sites is 1. The Labute approximate surface area is 129 Å². The first kappa shape index (κ1) is 15.6. The second-order valence-corrected chi connectivity index (χ2v) is 4.59. The lowest BCUT2D eigenvalue weighted by Crippen LogP contribution is -2.32. The lowest BCUT2D eigenvalue weighted by molar-refractivity contribution is -0.138. The number of anilines is 1. The molecule has 0 saturated heterocycles. The minimum Gasteiger partial charge on any atom is -0.461 e. The molecule has 5 nitrogen and oxygen atoms in total. The first-order valence-electron chi connectivity index (χ1n) is 7.06. The van der Waals surface area contributed by atoms with E-state index in [1.807, 2.05) is 42.5 Å². The molecule has 0 saturated carbocycles. The molecule has 1 aliphatic carbocycles. The van der Waals surface area contributed by atoms with E-state index >= 15 is 0 Å². The molecule has 0 bridgehead atoms. The number of carbonyl (C=O) groups is 2. The predicted octanol–water partition coefficient (Wildman–Crippen LogP) is 3.00. The monoisotopic (exact) mass is 298 g/mol. The van der Waals surface area contributed by atoms with Crippen LogP contribution in [0.1, 0.15) is 6.92 Å². The summed E-state index contributed by atoms with van der Waals surface area (Å²) in [4.78, 5) is 23.9. The largest absolute Gasteiger partial charge is 0.461 e. The maximum atomic E-state index is 12.0. The second kappa shape index (κ2) is 7.83. The second-order valence-electron chi connectivity index (χ2n) is 4.59. The molecule has 0 unspecified atom stereocenters. The molecule has 2 rings (SSSR count). The van der Waals surface area contributed by atoms with Crippen molar-refractivity contribution in [3.05, 3.63) is 66.4 Å². The summed E-state index contributed by atoms with van der Waals surface area (Å²) in [5.41, 5.74) is 0.764. The molecule has 0 atom stereocenters. The standard InChI is InChI=1S/C17H18N2O3/c1-2-22-16(20)15(12-13-8-6-7-9-13)19-17(21)18-14-10-4-3-5-11-14/h3-13H,2H2,1H3,(H2,18,19,21)/b15-12-. The molecule has 114 valence electrons. The van der Waals surface area contributed by atoms with Crippen LogP contribution in [0, 0.1) is 5.92 Å². The molecule has 0 fully saturated rings. The molecule has 0 heterocycles. The summed E-state index contributed by atoms with van der Waals surface area (Å²) in [6.45, 7) is 1.96. The summed E-state index contributed by atoms with van der Waals surface area (Å²) in [5, 5.41) is 5.21. The van der Waals surface area contributed by atoms with E-state index in [2.05, 4.69) is 10.6 Å². The van der Waals surface area contributed by atoms with Crippen molar-refractivity contribution in [2.24, 2.45) is 5.92 Å². The normalized spacial score (nSPS) is 14.0. The fourth-order valence-electron chi connectivity index (χ4n) is 1.93. The van der Waals surface area contributed by atoms with Crippen molar-refractivity contribution in [1.82, 2.24) is 5.32 Å². The SMILES string of the molecule is CCOC(=O)/C(=C/C1C=CC=C1)NC(=O)Nc1ccccc1. The van der Waals surface area contributed by atoms with Gasteiger partial charge in [0.2, 0.25) is 0 Å². The van der Waals surface area contributed by atoms with Gasteiger partial charge in [-0.05, 0) is 25.1 Å². The Hall–Kier alpha value is -2.82. The maximum Gasteiger partial charge on any atom is 0.354 e. The summed E-state index contributed by atoms with van der Waals surface area (Å²) in [6.07, 6.45) is 9.25. The molecule has 2 amide bonds. The topological polar surface area (TPSA) is 67.4 Å². The zero-order chi connectivity index (χ0) is 15.8. The van der Waals surface area contributed by atoms with Crippen LogP contribution in [-0.2, 0) is 9.53 Å². The van der Waals surface area contributed by atoms with Crippen molar-refractivity contribution in [1.29, 1.82) is 0 Å². The van der Waals surface area contributed by atoms with E-state index in [9.17, 15) is 9.59 Å². The first-order chi connectivity index (χ1) is 10.7. The van der Waals surface area contributed by atoms with Gasteiger partial charge in [0.05, 0.1) is 6.61 Å². The van der Waals surface area contributed by atoms with Crippen LogP contribution in [0.2, 0.25) is 0 Å². The van der Waals surface area contributed by atoms with E-state index in [4.69, 9.17) is 4.74 Å². The molecule has 22 heavy (non-hydrogen) atoms. The molecular weight excluding hydrogens is 280 g/mol. The third-order valence-corrected chi connectivity index (χ3v) is 2.91. The Morgan fingerprint density at radius 2 is 1.86 bits per heavy atom. The number of esters is 1. The third-order valence-electron chi connectivity index (χ3n) is 2.91. The summed E-state index contributed by atoms with van der Waals surface area (Å²) < 4.78 is 4.97. The van der Waals surface area contributed by atoms with Crippen LogP contribution in [0.4, 0.5) is 10.5 Å². The van der Waals surface area contributed by atoms with Gasteiger partial charge in [-0.25, -0.2) is 9.59 Å². The van der Waals surface area contributed by atoms with Crippen LogP contribution >= 0.6 is 0 Å². The van der Waals surface area contributed by atoms with Crippen molar-refractivity contribution in [2.75, 3.05) is 11.9 Å². The van der Waals surface area contributed by atoms with Crippen molar-refractivity contribution in [2.45, 2.75) is 6.92 Å². The van der Waals surface area contributed by atoms with Gasteiger partial charge in [0, 0.05) is 11.6 Å². The number of hydrogen-bond donors (Lipinski definition) is 2.